The molecule has 3 aromatic heterocycles. The van der Waals surface area contributed by atoms with E-state index in [0.717, 1.165) is 18.5 Å². The summed E-state index contributed by atoms with van der Waals surface area (Å²) in [5, 5.41) is 5.25. The van der Waals surface area contributed by atoms with Crippen LogP contribution in [-0.2, 0) is 0 Å². The molecule has 9 nitrogen and oxygen atoms in total. The van der Waals surface area contributed by atoms with Crippen molar-refractivity contribution in [3.05, 3.63) is 23.9 Å². The zero-order chi connectivity index (χ0) is 16.0. The monoisotopic (exact) mass is 311 g/mol. The summed E-state index contributed by atoms with van der Waals surface area (Å²) in [6.07, 6.45) is 6.48. The maximum atomic E-state index is 6.15. The topological polar surface area (TPSA) is 137 Å². The predicted molar refractivity (Wildman–Crippen MR) is 86.3 cm³/mol. The van der Waals surface area contributed by atoms with Crippen LogP contribution in [0.25, 0.3) is 11.0 Å². The molecule has 0 bridgehead atoms. The van der Waals surface area contributed by atoms with E-state index < -0.39 is 0 Å². The number of hydrogen-bond donors (Lipinski definition) is 3. The van der Waals surface area contributed by atoms with E-state index in [1.54, 1.807) is 6.20 Å². The molecule has 3 aromatic rings. The summed E-state index contributed by atoms with van der Waals surface area (Å²) in [5.41, 5.74) is 14.3. The van der Waals surface area contributed by atoms with E-state index >= 15 is 0 Å². The molecule has 0 spiro atoms. The zero-order valence-corrected chi connectivity index (χ0v) is 12.7. The molecule has 0 aliphatic heterocycles. The molecule has 1 fully saturated rings. The third-order valence-corrected chi connectivity index (χ3v) is 4.10. The van der Waals surface area contributed by atoms with Crippen molar-refractivity contribution in [2.24, 2.45) is 10.7 Å². The first kappa shape index (κ1) is 13.7. The molecule has 0 atom stereocenters. The van der Waals surface area contributed by atoms with Crippen LogP contribution in [-0.4, -0.2) is 35.6 Å². The number of nitrogens with zero attached hydrogens (tertiary/aromatic N) is 6. The Morgan fingerprint density at radius 3 is 2.83 bits per heavy atom. The fraction of sp³-hybridized carbons (Fsp3) is 0.357. The molecule has 23 heavy (non-hydrogen) atoms. The highest BCUT2D eigenvalue weighted by Crippen LogP contribution is 2.34. The lowest BCUT2D eigenvalue weighted by Gasteiger charge is -2.25. The molecule has 1 aliphatic carbocycles. The standard InChI is InChI=1S/C14H17N9/c1-7-5-17-14(20-7)21-12(16)10-9-11(15)18-6-19-13(9)23(22-10)8-3-2-4-8/h5-6,8H,2-4H2,1H3,(H2,15,18,19)(H3,16,17,20,21). The van der Waals surface area contributed by atoms with Gasteiger partial charge >= 0.3 is 0 Å². The van der Waals surface area contributed by atoms with Crippen LogP contribution < -0.4 is 11.5 Å². The zero-order valence-electron chi connectivity index (χ0n) is 12.7. The highest BCUT2D eigenvalue weighted by molar-refractivity contribution is 6.09. The van der Waals surface area contributed by atoms with Gasteiger partial charge in [0.05, 0.1) is 11.4 Å². The van der Waals surface area contributed by atoms with E-state index in [-0.39, 0.29) is 5.84 Å². The fourth-order valence-electron chi connectivity index (χ4n) is 2.68. The fourth-order valence-corrected chi connectivity index (χ4v) is 2.68. The molecular weight excluding hydrogens is 294 g/mol. The van der Waals surface area contributed by atoms with E-state index in [9.17, 15) is 0 Å². The first-order valence-corrected chi connectivity index (χ1v) is 7.48. The van der Waals surface area contributed by atoms with E-state index in [2.05, 4.69) is 30.0 Å². The molecule has 0 unspecified atom stereocenters. The van der Waals surface area contributed by atoms with E-state index in [1.165, 1.54) is 12.7 Å². The van der Waals surface area contributed by atoms with Crippen LogP contribution in [0.2, 0.25) is 0 Å². The average molecular weight is 311 g/mol. The van der Waals surface area contributed by atoms with Gasteiger partial charge in [0.2, 0.25) is 5.95 Å². The normalized spacial score (nSPS) is 16.0. The number of anilines is 1. The summed E-state index contributed by atoms with van der Waals surface area (Å²) in [7, 11) is 0. The molecule has 5 N–H and O–H groups in total. The van der Waals surface area contributed by atoms with Gasteiger partial charge in [-0.05, 0) is 26.2 Å². The smallest absolute Gasteiger partial charge is 0.229 e. The van der Waals surface area contributed by atoms with Crippen molar-refractivity contribution in [3.63, 3.8) is 0 Å². The summed E-state index contributed by atoms with van der Waals surface area (Å²) >= 11 is 0. The lowest BCUT2D eigenvalue weighted by molar-refractivity contribution is 0.295. The first-order chi connectivity index (χ1) is 11.1. The van der Waals surface area contributed by atoms with Crippen LogP contribution >= 0.6 is 0 Å². The second kappa shape index (κ2) is 5.04. The van der Waals surface area contributed by atoms with Crippen LogP contribution in [0.3, 0.4) is 0 Å². The molecule has 0 amide bonds. The maximum absolute atomic E-state index is 6.15. The number of aryl methyl sites for hydroxylation is 1. The average Bonchev–Trinajstić information content (AvgIpc) is 3.03. The number of fused-ring (bicyclic) bond motifs is 1. The maximum Gasteiger partial charge on any atom is 0.229 e. The lowest BCUT2D eigenvalue weighted by Crippen LogP contribution is -2.20. The number of amidine groups is 1. The first-order valence-electron chi connectivity index (χ1n) is 7.48. The van der Waals surface area contributed by atoms with Crippen molar-refractivity contribution in [1.29, 1.82) is 0 Å². The molecule has 1 saturated carbocycles. The van der Waals surface area contributed by atoms with Gasteiger partial charge in [-0.3, -0.25) is 0 Å². The summed E-state index contributed by atoms with van der Waals surface area (Å²) in [4.78, 5) is 19.8. The quantitative estimate of drug-likeness (QED) is 0.491. The number of nitrogens with two attached hydrogens (primary N) is 2. The van der Waals surface area contributed by atoms with Crippen molar-refractivity contribution in [2.75, 3.05) is 5.73 Å². The Morgan fingerprint density at radius 2 is 2.17 bits per heavy atom. The number of aliphatic imine (C=N–C) groups is 1. The number of H-pyrrole nitrogens is 1. The molecule has 118 valence electrons. The summed E-state index contributed by atoms with van der Waals surface area (Å²) in [6.45, 7) is 1.90. The second-order valence-electron chi connectivity index (χ2n) is 5.72. The van der Waals surface area contributed by atoms with E-state index in [1.807, 2.05) is 11.6 Å². The molecule has 9 heteroatoms. The minimum atomic E-state index is 0.240. The van der Waals surface area contributed by atoms with Gasteiger partial charge in [-0.25, -0.2) is 19.6 Å². The number of imidazole rings is 1. The van der Waals surface area contributed by atoms with Crippen molar-refractivity contribution in [1.82, 2.24) is 29.7 Å². The third kappa shape index (κ3) is 2.20. The molecular formula is C14H17N9. The second-order valence-corrected chi connectivity index (χ2v) is 5.72. The van der Waals surface area contributed by atoms with Gasteiger partial charge in [-0.1, -0.05) is 0 Å². The number of nitrogens with one attached hydrogen (secondary N) is 1. The SMILES string of the molecule is Cc1cnc(N=C(N)c2nn(C3CCC3)c3ncnc(N)c23)[nH]1. The van der Waals surface area contributed by atoms with Crippen molar-refractivity contribution < 1.29 is 0 Å². The van der Waals surface area contributed by atoms with Gasteiger partial charge in [0, 0.05) is 11.9 Å². The molecule has 1 aliphatic rings. The van der Waals surface area contributed by atoms with E-state index in [0.29, 0.717) is 34.5 Å². The molecule has 0 aromatic carbocycles. The van der Waals surface area contributed by atoms with Crippen LogP contribution in [0, 0.1) is 6.92 Å². The van der Waals surface area contributed by atoms with Gasteiger partial charge in [0.1, 0.15) is 17.8 Å². The number of rotatable bonds is 3. The van der Waals surface area contributed by atoms with Crippen LogP contribution in [0.15, 0.2) is 17.5 Å². The van der Waals surface area contributed by atoms with Gasteiger partial charge in [-0.15, -0.1) is 0 Å². The Labute approximate surface area is 131 Å². The number of aromatic amines is 1. The minimum Gasteiger partial charge on any atom is -0.383 e. The van der Waals surface area contributed by atoms with Crippen LogP contribution in [0.4, 0.5) is 11.8 Å². The lowest BCUT2D eigenvalue weighted by atomic mass is 9.93. The number of aromatic nitrogens is 6. The Hall–Kier alpha value is -2.97. The molecule has 0 radical (unpaired) electrons. The van der Waals surface area contributed by atoms with Crippen molar-refractivity contribution >= 4 is 28.6 Å². The largest absolute Gasteiger partial charge is 0.383 e. The van der Waals surface area contributed by atoms with Crippen molar-refractivity contribution in [2.45, 2.75) is 32.2 Å². The summed E-state index contributed by atoms with van der Waals surface area (Å²) in [5.74, 6) is 1.02. The minimum absolute atomic E-state index is 0.240. The predicted octanol–water partition coefficient (Wildman–Crippen LogP) is 1.20. The van der Waals surface area contributed by atoms with Crippen LogP contribution in [0.5, 0.6) is 0 Å². The Bertz CT molecular complexity index is 900. The Kier molecular flexibility index (Phi) is 3.00. The molecule has 0 saturated heterocycles. The highest BCUT2D eigenvalue weighted by Gasteiger charge is 2.26. The Morgan fingerprint density at radius 1 is 1.35 bits per heavy atom. The third-order valence-electron chi connectivity index (χ3n) is 4.10. The van der Waals surface area contributed by atoms with E-state index in [4.69, 9.17) is 11.5 Å². The van der Waals surface area contributed by atoms with Gasteiger partial charge < -0.3 is 16.5 Å². The van der Waals surface area contributed by atoms with Gasteiger partial charge in [0.15, 0.2) is 11.5 Å². The summed E-state index contributed by atoms with van der Waals surface area (Å²) < 4.78 is 1.89. The van der Waals surface area contributed by atoms with Gasteiger partial charge in [0.25, 0.3) is 0 Å². The summed E-state index contributed by atoms with van der Waals surface area (Å²) in [6, 6.07) is 0.333. The molecule has 4 rings (SSSR count). The highest BCUT2D eigenvalue weighted by atomic mass is 15.3. The number of nitrogen functional groups attached to an aromatic ring is 1. The van der Waals surface area contributed by atoms with Crippen molar-refractivity contribution in [3.8, 4) is 0 Å². The van der Waals surface area contributed by atoms with Gasteiger partial charge in [-0.2, -0.15) is 10.1 Å². The molecule has 3 heterocycles. The Balaban J connectivity index is 1.87. The van der Waals surface area contributed by atoms with Crippen LogP contribution in [0.1, 0.15) is 36.7 Å². The number of hydrogen-bond acceptors (Lipinski definition) is 6.